The van der Waals surface area contributed by atoms with Crippen molar-refractivity contribution < 1.29 is 9.59 Å². The molecule has 1 aliphatic rings. The Morgan fingerprint density at radius 2 is 2.14 bits per heavy atom. The standard InChI is InChI=1S/C15H18Cl2N2O2/c1-10-4-3-7-19(9-10)14(21)8-13(20)18-12-6-2-5-11(16)15(12)17/h2,5-6,10H,3-4,7-9H2,1H3,(H,18,20). The normalized spacial score (nSPS) is 18.4. The summed E-state index contributed by atoms with van der Waals surface area (Å²) in [6, 6.07) is 4.98. The van der Waals surface area contributed by atoms with Crippen molar-refractivity contribution in [3.05, 3.63) is 28.2 Å². The monoisotopic (exact) mass is 328 g/mol. The molecule has 0 saturated carbocycles. The van der Waals surface area contributed by atoms with E-state index in [9.17, 15) is 9.59 Å². The summed E-state index contributed by atoms with van der Waals surface area (Å²) < 4.78 is 0. The molecular weight excluding hydrogens is 311 g/mol. The van der Waals surface area contributed by atoms with E-state index < -0.39 is 0 Å². The van der Waals surface area contributed by atoms with Gasteiger partial charge >= 0.3 is 0 Å². The maximum Gasteiger partial charge on any atom is 0.233 e. The Labute approximate surface area is 134 Å². The summed E-state index contributed by atoms with van der Waals surface area (Å²) in [7, 11) is 0. The van der Waals surface area contributed by atoms with Crippen molar-refractivity contribution in [2.75, 3.05) is 18.4 Å². The molecule has 1 heterocycles. The van der Waals surface area contributed by atoms with E-state index in [1.165, 1.54) is 0 Å². The van der Waals surface area contributed by atoms with Crippen molar-refractivity contribution in [1.82, 2.24) is 4.90 Å². The van der Waals surface area contributed by atoms with Crippen LogP contribution < -0.4 is 5.32 Å². The van der Waals surface area contributed by atoms with E-state index in [4.69, 9.17) is 23.2 Å². The number of likely N-dealkylation sites (tertiary alicyclic amines) is 1. The van der Waals surface area contributed by atoms with Gasteiger partial charge in [0, 0.05) is 13.1 Å². The first kappa shape index (κ1) is 16.1. The minimum atomic E-state index is -0.373. The molecule has 2 amide bonds. The Hall–Kier alpha value is -1.26. The van der Waals surface area contributed by atoms with Crippen LogP contribution in [0, 0.1) is 5.92 Å². The lowest BCUT2D eigenvalue weighted by atomic mass is 10.00. The molecule has 4 nitrogen and oxygen atoms in total. The van der Waals surface area contributed by atoms with Gasteiger partial charge in [0.2, 0.25) is 11.8 Å². The minimum absolute atomic E-state index is 0.141. The van der Waals surface area contributed by atoms with Crippen LogP contribution in [0.25, 0.3) is 0 Å². The Morgan fingerprint density at radius 3 is 2.86 bits per heavy atom. The van der Waals surface area contributed by atoms with Crippen LogP contribution in [0.3, 0.4) is 0 Å². The number of piperidine rings is 1. The minimum Gasteiger partial charge on any atom is -0.342 e. The second-order valence-corrected chi connectivity index (χ2v) is 6.20. The van der Waals surface area contributed by atoms with Gasteiger partial charge in [0.05, 0.1) is 15.7 Å². The van der Waals surface area contributed by atoms with Crippen molar-refractivity contribution in [2.24, 2.45) is 5.92 Å². The highest BCUT2D eigenvalue weighted by atomic mass is 35.5. The van der Waals surface area contributed by atoms with Gasteiger partial charge in [-0.25, -0.2) is 0 Å². The van der Waals surface area contributed by atoms with Gasteiger partial charge in [-0.15, -0.1) is 0 Å². The third kappa shape index (κ3) is 4.35. The van der Waals surface area contributed by atoms with E-state index in [0.717, 1.165) is 25.9 Å². The molecular formula is C15H18Cl2N2O2. The first-order chi connectivity index (χ1) is 9.97. The molecule has 2 rings (SSSR count). The second-order valence-electron chi connectivity index (χ2n) is 5.41. The Kier molecular flexibility index (Phi) is 5.48. The second kappa shape index (κ2) is 7.14. The number of nitrogens with zero attached hydrogens (tertiary/aromatic N) is 1. The van der Waals surface area contributed by atoms with E-state index in [0.29, 0.717) is 16.6 Å². The first-order valence-electron chi connectivity index (χ1n) is 6.99. The van der Waals surface area contributed by atoms with Crippen molar-refractivity contribution in [1.29, 1.82) is 0 Å². The predicted octanol–water partition coefficient (Wildman–Crippen LogP) is 3.58. The number of hydrogen-bond donors (Lipinski definition) is 1. The lowest BCUT2D eigenvalue weighted by molar-refractivity contribution is -0.136. The molecule has 1 atom stereocenters. The molecule has 1 fully saturated rings. The number of amides is 2. The molecule has 0 aromatic heterocycles. The van der Waals surface area contributed by atoms with Gasteiger partial charge in [-0.2, -0.15) is 0 Å². The zero-order valence-corrected chi connectivity index (χ0v) is 13.4. The molecule has 1 N–H and O–H groups in total. The molecule has 1 aromatic carbocycles. The van der Waals surface area contributed by atoms with Crippen molar-refractivity contribution in [3.8, 4) is 0 Å². The summed E-state index contributed by atoms with van der Waals surface area (Å²) in [5, 5.41) is 3.28. The lowest BCUT2D eigenvalue weighted by Crippen LogP contribution is -2.40. The van der Waals surface area contributed by atoms with E-state index in [1.807, 2.05) is 0 Å². The molecule has 0 aliphatic carbocycles. The van der Waals surface area contributed by atoms with Gasteiger partial charge < -0.3 is 10.2 Å². The highest BCUT2D eigenvalue weighted by Gasteiger charge is 2.23. The number of carbonyl (C=O) groups is 2. The zero-order valence-electron chi connectivity index (χ0n) is 11.9. The average molecular weight is 329 g/mol. The Morgan fingerprint density at radius 1 is 1.38 bits per heavy atom. The third-order valence-corrected chi connectivity index (χ3v) is 4.37. The smallest absolute Gasteiger partial charge is 0.233 e. The summed E-state index contributed by atoms with van der Waals surface area (Å²) in [5.41, 5.74) is 0.425. The van der Waals surface area contributed by atoms with Gasteiger partial charge in [-0.3, -0.25) is 9.59 Å². The fraction of sp³-hybridized carbons (Fsp3) is 0.467. The van der Waals surface area contributed by atoms with Crippen LogP contribution >= 0.6 is 23.2 Å². The van der Waals surface area contributed by atoms with Crippen molar-refractivity contribution in [3.63, 3.8) is 0 Å². The van der Waals surface area contributed by atoms with E-state index in [1.54, 1.807) is 23.1 Å². The van der Waals surface area contributed by atoms with Crippen molar-refractivity contribution >= 4 is 40.7 Å². The van der Waals surface area contributed by atoms with Gasteiger partial charge in [0.15, 0.2) is 0 Å². The van der Waals surface area contributed by atoms with Crippen LogP contribution in [0.1, 0.15) is 26.2 Å². The number of anilines is 1. The number of nitrogens with one attached hydrogen (secondary N) is 1. The van der Waals surface area contributed by atoms with E-state index >= 15 is 0 Å². The van der Waals surface area contributed by atoms with Gasteiger partial charge in [-0.1, -0.05) is 36.2 Å². The van der Waals surface area contributed by atoms with Gasteiger partial charge in [0.1, 0.15) is 6.42 Å². The molecule has 0 radical (unpaired) electrons. The largest absolute Gasteiger partial charge is 0.342 e. The van der Waals surface area contributed by atoms with Gasteiger partial charge in [-0.05, 0) is 30.9 Å². The highest BCUT2D eigenvalue weighted by Crippen LogP contribution is 2.29. The molecule has 0 spiro atoms. The molecule has 1 aliphatic heterocycles. The molecule has 1 unspecified atom stereocenters. The van der Waals surface area contributed by atoms with Crippen LogP contribution in [0.2, 0.25) is 10.0 Å². The maximum absolute atomic E-state index is 12.1. The molecule has 6 heteroatoms. The maximum atomic E-state index is 12.1. The molecule has 1 aromatic rings. The fourth-order valence-electron chi connectivity index (χ4n) is 2.46. The third-order valence-electron chi connectivity index (χ3n) is 3.55. The number of rotatable bonds is 3. The fourth-order valence-corrected chi connectivity index (χ4v) is 2.81. The van der Waals surface area contributed by atoms with Crippen LogP contribution in [0.5, 0.6) is 0 Å². The van der Waals surface area contributed by atoms with E-state index in [2.05, 4.69) is 12.2 Å². The van der Waals surface area contributed by atoms with Gasteiger partial charge in [0.25, 0.3) is 0 Å². The number of halogens is 2. The predicted molar refractivity (Wildman–Crippen MR) is 84.7 cm³/mol. The summed E-state index contributed by atoms with van der Waals surface area (Å²) in [5.74, 6) is -0.0206. The van der Waals surface area contributed by atoms with Crippen LogP contribution in [-0.4, -0.2) is 29.8 Å². The number of hydrogen-bond acceptors (Lipinski definition) is 2. The Balaban J connectivity index is 1.92. The molecule has 1 saturated heterocycles. The Bertz CT molecular complexity index is 548. The van der Waals surface area contributed by atoms with Crippen LogP contribution in [-0.2, 0) is 9.59 Å². The summed E-state index contributed by atoms with van der Waals surface area (Å²) in [6.07, 6.45) is 1.96. The molecule has 114 valence electrons. The summed E-state index contributed by atoms with van der Waals surface area (Å²) >= 11 is 11.9. The molecule has 0 bridgehead atoms. The number of carbonyl (C=O) groups excluding carboxylic acids is 2. The highest BCUT2D eigenvalue weighted by molar-refractivity contribution is 6.44. The summed E-state index contributed by atoms with van der Waals surface area (Å²) in [4.78, 5) is 25.8. The van der Waals surface area contributed by atoms with Crippen LogP contribution in [0.15, 0.2) is 18.2 Å². The average Bonchev–Trinajstić information content (AvgIpc) is 2.44. The quantitative estimate of drug-likeness (QED) is 0.862. The number of benzene rings is 1. The SMILES string of the molecule is CC1CCCN(C(=O)CC(=O)Nc2cccc(Cl)c2Cl)C1. The van der Waals surface area contributed by atoms with E-state index in [-0.39, 0.29) is 23.3 Å². The summed E-state index contributed by atoms with van der Waals surface area (Å²) in [6.45, 7) is 3.57. The topological polar surface area (TPSA) is 49.4 Å². The van der Waals surface area contributed by atoms with Crippen molar-refractivity contribution in [2.45, 2.75) is 26.2 Å². The first-order valence-corrected chi connectivity index (χ1v) is 7.74. The zero-order chi connectivity index (χ0) is 15.4. The van der Waals surface area contributed by atoms with Crippen LogP contribution in [0.4, 0.5) is 5.69 Å². The molecule has 21 heavy (non-hydrogen) atoms. The lowest BCUT2D eigenvalue weighted by Gasteiger charge is -2.30.